The number of sulfonamides is 1. The molecule has 0 spiro atoms. The molecule has 22 heavy (non-hydrogen) atoms. The molecule has 0 N–H and O–H groups in total. The summed E-state index contributed by atoms with van der Waals surface area (Å²) < 4.78 is 26.5. The van der Waals surface area contributed by atoms with Crippen LogP contribution in [0.4, 0.5) is 0 Å². The minimum absolute atomic E-state index is 0.0943. The molecule has 1 amide bonds. The number of carbonyl (C=O) groups is 1. The molecule has 1 fully saturated rings. The lowest BCUT2D eigenvalue weighted by molar-refractivity contribution is -0.120. The summed E-state index contributed by atoms with van der Waals surface area (Å²) in [4.78, 5) is 12.7. The van der Waals surface area contributed by atoms with Crippen LogP contribution in [0.3, 0.4) is 0 Å². The van der Waals surface area contributed by atoms with Gasteiger partial charge in [0, 0.05) is 11.0 Å². The van der Waals surface area contributed by atoms with Crippen LogP contribution in [-0.2, 0) is 14.8 Å². The second-order valence-electron chi connectivity index (χ2n) is 5.94. The Labute approximate surface area is 132 Å². The summed E-state index contributed by atoms with van der Waals surface area (Å²) in [6.45, 7) is 11.3. The number of hydrogen-bond acceptors (Lipinski definition) is 3. The van der Waals surface area contributed by atoms with Gasteiger partial charge < -0.3 is 0 Å². The van der Waals surface area contributed by atoms with Gasteiger partial charge >= 0.3 is 0 Å². The molecule has 0 radical (unpaired) electrons. The van der Waals surface area contributed by atoms with Crippen LogP contribution in [0.1, 0.15) is 26.3 Å². The van der Waals surface area contributed by atoms with E-state index in [-0.39, 0.29) is 11.4 Å². The van der Waals surface area contributed by atoms with Gasteiger partial charge in [0.1, 0.15) is 0 Å². The molecule has 0 bridgehead atoms. The molecular weight excluding hydrogens is 298 g/mol. The fourth-order valence-corrected chi connectivity index (χ4v) is 4.13. The molecule has 1 aliphatic rings. The Morgan fingerprint density at radius 3 is 2.27 bits per heavy atom. The smallest absolute Gasteiger partial charge is 0.266 e. The van der Waals surface area contributed by atoms with E-state index in [4.69, 9.17) is 0 Å². The first-order valence-electron chi connectivity index (χ1n) is 7.11. The number of hydrogen-bond donors (Lipinski definition) is 0. The first-order chi connectivity index (χ1) is 10.1. The lowest BCUT2D eigenvalue weighted by Crippen LogP contribution is -2.34. The van der Waals surface area contributed by atoms with Gasteiger partial charge in [-0.25, -0.2) is 12.7 Å². The molecule has 4 nitrogen and oxygen atoms in total. The molecule has 1 atom stereocenters. The van der Waals surface area contributed by atoms with E-state index in [2.05, 4.69) is 6.58 Å². The van der Waals surface area contributed by atoms with Crippen molar-refractivity contribution >= 4 is 15.9 Å². The van der Waals surface area contributed by atoms with Crippen molar-refractivity contribution in [2.24, 2.45) is 5.41 Å². The van der Waals surface area contributed by atoms with Crippen molar-refractivity contribution < 1.29 is 13.2 Å². The van der Waals surface area contributed by atoms with Crippen molar-refractivity contribution in [1.29, 1.82) is 0 Å². The van der Waals surface area contributed by atoms with Crippen molar-refractivity contribution in [3.05, 3.63) is 53.6 Å². The molecule has 0 aromatic heterocycles. The second kappa shape index (κ2) is 5.39. The fourth-order valence-electron chi connectivity index (χ4n) is 2.65. The molecule has 1 aromatic rings. The molecule has 1 aliphatic heterocycles. The summed E-state index contributed by atoms with van der Waals surface area (Å²) in [5, 5.41) is 0. The van der Waals surface area contributed by atoms with Gasteiger partial charge in [-0.05, 0) is 39.8 Å². The Kier molecular flexibility index (Phi) is 4.04. The molecule has 2 rings (SSSR count). The maximum absolute atomic E-state index is 12.8. The van der Waals surface area contributed by atoms with Crippen LogP contribution < -0.4 is 0 Å². The zero-order chi connectivity index (χ0) is 16.7. The third-order valence-electron chi connectivity index (χ3n) is 4.35. The number of benzene rings is 1. The molecule has 1 aromatic carbocycles. The average Bonchev–Trinajstić information content (AvgIpc) is 2.72. The molecule has 5 heteroatoms. The zero-order valence-electron chi connectivity index (χ0n) is 13.4. The van der Waals surface area contributed by atoms with Crippen LogP contribution in [0, 0.1) is 12.3 Å². The molecule has 0 aliphatic carbocycles. The highest BCUT2D eigenvalue weighted by Gasteiger charge is 2.49. The third-order valence-corrected chi connectivity index (χ3v) is 6.09. The first kappa shape index (κ1) is 16.5. The van der Waals surface area contributed by atoms with Gasteiger partial charge in [0.2, 0.25) is 0 Å². The van der Waals surface area contributed by atoms with Crippen molar-refractivity contribution in [3.8, 4) is 0 Å². The van der Waals surface area contributed by atoms with Gasteiger partial charge in [-0.2, -0.15) is 0 Å². The Bertz CT molecular complexity index is 760. The van der Waals surface area contributed by atoms with E-state index in [9.17, 15) is 13.2 Å². The van der Waals surface area contributed by atoms with Gasteiger partial charge in [-0.3, -0.25) is 4.79 Å². The summed E-state index contributed by atoms with van der Waals surface area (Å²) in [7, 11) is -3.85. The summed E-state index contributed by atoms with van der Waals surface area (Å²) in [5.74, 6) is -0.464. The van der Waals surface area contributed by atoms with Crippen molar-refractivity contribution in [2.45, 2.75) is 32.6 Å². The highest BCUT2D eigenvalue weighted by Crippen LogP contribution is 2.43. The Morgan fingerprint density at radius 1 is 1.32 bits per heavy atom. The van der Waals surface area contributed by atoms with Gasteiger partial charge in [0.15, 0.2) is 0 Å². The summed E-state index contributed by atoms with van der Waals surface area (Å²) in [6.07, 6.45) is 1.68. The van der Waals surface area contributed by atoms with Crippen molar-refractivity contribution in [3.63, 3.8) is 0 Å². The maximum atomic E-state index is 12.8. The van der Waals surface area contributed by atoms with Gasteiger partial charge in [-0.1, -0.05) is 35.9 Å². The van der Waals surface area contributed by atoms with E-state index in [1.165, 1.54) is 12.1 Å². The minimum Gasteiger partial charge on any atom is -0.268 e. The van der Waals surface area contributed by atoms with E-state index in [1.807, 2.05) is 20.8 Å². The summed E-state index contributed by atoms with van der Waals surface area (Å²) >= 11 is 0. The highest BCUT2D eigenvalue weighted by atomic mass is 32.2. The predicted octanol–water partition coefficient (Wildman–Crippen LogP) is 3.05. The Balaban J connectivity index is 2.52. The predicted molar refractivity (Wildman–Crippen MR) is 86.8 cm³/mol. The highest BCUT2D eigenvalue weighted by molar-refractivity contribution is 7.89. The third kappa shape index (κ3) is 2.39. The van der Waals surface area contributed by atoms with Crippen LogP contribution >= 0.6 is 0 Å². The van der Waals surface area contributed by atoms with Gasteiger partial charge in [-0.15, -0.1) is 0 Å². The monoisotopic (exact) mass is 319 g/mol. The van der Waals surface area contributed by atoms with Crippen LogP contribution in [0.5, 0.6) is 0 Å². The van der Waals surface area contributed by atoms with E-state index in [0.29, 0.717) is 5.57 Å². The summed E-state index contributed by atoms with van der Waals surface area (Å²) in [6, 6.07) is 6.51. The zero-order valence-corrected chi connectivity index (χ0v) is 14.2. The van der Waals surface area contributed by atoms with Crippen molar-refractivity contribution in [1.82, 2.24) is 4.31 Å². The standard InChI is InChI=1S/C17H21NO3S/c1-6-15-16(19)18(11-17(15,5)12(2)3)22(20,21)14-9-7-13(4)8-10-14/h6-10H,2,11H2,1,3-5H3/b15-6+. The van der Waals surface area contributed by atoms with E-state index in [0.717, 1.165) is 15.4 Å². The number of allylic oxidation sites excluding steroid dienone is 1. The second-order valence-corrected chi connectivity index (χ2v) is 7.81. The van der Waals surface area contributed by atoms with Crippen LogP contribution in [0.2, 0.25) is 0 Å². The van der Waals surface area contributed by atoms with E-state index in [1.54, 1.807) is 25.1 Å². The Hall–Kier alpha value is -1.88. The number of amides is 1. The topological polar surface area (TPSA) is 54.5 Å². The lowest BCUT2D eigenvalue weighted by Gasteiger charge is -2.25. The molecular formula is C17H21NO3S. The largest absolute Gasteiger partial charge is 0.268 e. The van der Waals surface area contributed by atoms with E-state index < -0.39 is 21.3 Å². The molecule has 1 unspecified atom stereocenters. The van der Waals surface area contributed by atoms with Gasteiger partial charge in [0.05, 0.1) is 11.4 Å². The summed E-state index contributed by atoms with van der Waals surface area (Å²) in [5.41, 5.74) is 1.57. The first-order valence-corrected chi connectivity index (χ1v) is 8.55. The van der Waals surface area contributed by atoms with E-state index >= 15 is 0 Å². The fraction of sp³-hybridized carbons (Fsp3) is 0.353. The normalized spacial score (nSPS) is 24.1. The quantitative estimate of drug-likeness (QED) is 0.635. The SMILES string of the molecule is C=C(C)C1(C)CN(S(=O)(=O)c2ccc(C)cc2)C(=O)/C1=C\C. The van der Waals surface area contributed by atoms with Crippen LogP contribution in [-0.4, -0.2) is 25.2 Å². The minimum atomic E-state index is -3.85. The Morgan fingerprint density at radius 2 is 1.86 bits per heavy atom. The number of carbonyl (C=O) groups excluding carboxylic acids is 1. The average molecular weight is 319 g/mol. The number of rotatable bonds is 3. The molecule has 0 saturated carbocycles. The molecule has 118 valence electrons. The van der Waals surface area contributed by atoms with Crippen LogP contribution in [0.25, 0.3) is 0 Å². The van der Waals surface area contributed by atoms with Crippen molar-refractivity contribution in [2.75, 3.05) is 6.54 Å². The molecule has 1 saturated heterocycles. The van der Waals surface area contributed by atoms with Crippen LogP contribution in [0.15, 0.2) is 53.0 Å². The molecule has 1 heterocycles. The maximum Gasteiger partial charge on any atom is 0.266 e. The van der Waals surface area contributed by atoms with Gasteiger partial charge in [0.25, 0.3) is 15.9 Å². The number of aryl methyl sites for hydroxylation is 1. The number of nitrogens with zero attached hydrogens (tertiary/aromatic N) is 1. The lowest BCUT2D eigenvalue weighted by atomic mass is 9.79.